The molecule has 0 radical (unpaired) electrons. The van der Waals surface area contributed by atoms with Crippen LogP contribution in [0.2, 0.25) is 0 Å². The smallest absolute Gasteiger partial charge is 0.138 e. The molecule has 258 valence electrons. The predicted octanol–water partition coefficient (Wildman–Crippen LogP) is 13.5. The van der Waals surface area contributed by atoms with Gasteiger partial charge in [-0.25, -0.2) is 4.98 Å². The molecule has 0 saturated heterocycles. The van der Waals surface area contributed by atoms with E-state index in [9.17, 15) is 0 Å². The minimum Gasteiger partial charge on any atom is -0.309 e. The van der Waals surface area contributed by atoms with E-state index < -0.39 is 0 Å². The van der Waals surface area contributed by atoms with E-state index in [0.29, 0.717) is 0 Å². The second-order valence-electron chi connectivity index (χ2n) is 15.6. The van der Waals surface area contributed by atoms with Crippen LogP contribution in [0.25, 0.3) is 99.6 Å². The van der Waals surface area contributed by atoms with Gasteiger partial charge in [0.05, 0.1) is 27.8 Å². The van der Waals surface area contributed by atoms with Crippen LogP contribution in [-0.4, -0.2) is 14.0 Å². The Morgan fingerprint density at radius 3 is 1.96 bits per heavy atom. The summed E-state index contributed by atoms with van der Waals surface area (Å²) in [5, 5.41) is 5.04. The van der Waals surface area contributed by atoms with Crippen LogP contribution in [0.15, 0.2) is 176 Å². The number of para-hydroxylation sites is 1. The third-order valence-electron chi connectivity index (χ3n) is 12.3. The second kappa shape index (κ2) is 11.0. The van der Waals surface area contributed by atoms with Crippen molar-refractivity contribution in [1.82, 2.24) is 14.0 Å². The predicted molar refractivity (Wildman–Crippen MR) is 230 cm³/mol. The first kappa shape index (κ1) is 30.5. The number of nitrogens with zero attached hydrogens (tertiary/aromatic N) is 3. The van der Waals surface area contributed by atoms with Crippen LogP contribution in [0.1, 0.15) is 25.0 Å². The first-order chi connectivity index (χ1) is 27.0. The number of hydrogen-bond acceptors (Lipinski definition) is 1. The van der Waals surface area contributed by atoms with Crippen molar-refractivity contribution in [3.8, 4) is 50.3 Å². The number of hydrogen-bond donors (Lipinski definition) is 0. The standard InChI is InChI=1S/C52H35N3/c1-52(2)44-21-8-6-19-38(44)41-30-42-39-20-7-9-22-46(39)54(48(42)31-45(41)52)37-18-11-17-35(28-37)33-15-10-16-34(27-33)36-25-26-40-43(29-36)51-50(32-13-4-3-5-14-32)53-49-24-12-23-47(40)55(49)51/h3-31H,1-2H3. The van der Waals surface area contributed by atoms with E-state index in [0.717, 1.165) is 22.6 Å². The summed E-state index contributed by atoms with van der Waals surface area (Å²) in [6, 6.07) is 64.6. The largest absolute Gasteiger partial charge is 0.309 e. The highest BCUT2D eigenvalue weighted by Gasteiger charge is 2.36. The lowest BCUT2D eigenvalue weighted by Gasteiger charge is -2.21. The van der Waals surface area contributed by atoms with E-state index in [1.54, 1.807) is 0 Å². The number of benzene rings is 7. The van der Waals surface area contributed by atoms with Crippen LogP contribution in [0, 0.1) is 0 Å². The molecule has 0 fully saturated rings. The van der Waals surface area contributed by atoms with Gasteiger partial charge in [-0.15, -0.1) is 0 Å². The molecule has 1 aliphatic rings. The second-order valence-corrected chi connectivity index (χ2v) is 15.6. The molecule has 3 nitrogen and oxygen atoms in total. The molecule has 0 aliphatic heterocycles. The molecule has 0 N–H and O–H groups in total. The normalized spacial score (nSPS) is 13.4. The maximum atomic E-state index is 5.11. The average Bonchev–Trinajstić information content (AvgIpc) is 3.95. The minimum absolute atomic E-state index is 0.0722. The number of rotatable bonds is 4. The molecule has 0 bridgehead atoms. The molecule has 3 heteroatoms. The average molecular weight is 702 g/mol. The van der Waals surface area contributed by atoms with Gasteiger partial charge in [-0.05, 0) is 99.1 Å². The highest BCUT2D eigenvalue weighted by atomic mass is 15.0. The molecule has 0 unspecified atom stereocenters. The van der Waals surface area contributed by atoms with E-state index in [2.05, 4.69) is 199 Å². The Balaban J connectivity index is 0.997. The van der Waals surface area contributed by atoms with Crippen LogP contribution in [0.4, 0.5) is 0 Å². The first-order valence-corrected chi connectivity index (χ1v) is 19.1. The van der Waals surface area contributed by atoms with Crippen LogP contribution in [0.5, 0.6) is 0 Å². The molecule has 1 aliphatic carbocycles. The van der Waals surface area contributed by atoms with E-state index in [1.807, 2.05) is 0 Å². The van der Waals surface area contributed by atoms with Gasteiger partial charge in [0.1, 0.15) is 5.65 Å². The monoisotopic (exact) mass is 701 g/mol. The van der Waals surface area contributed by atoms with Crippen molar-refractivity contribution in [1.29, 1.82) is 0 Å². The fourth-order valence-corrected chi connectivity index (χ4v) is 9.64. The Kier molecular flexibility index (Phi) is 6.12. The molecular weight excluding hydrogens is 667 g/mol. The minimum atomic E-state index is -0.0722. The number of pyridine rings is 1. The van der Waals surface area contributed by atoms with E-state index in [-0.39, 0.29) is 5.41 Å². The molecule has 4 heterocycles. The van der Waals surface area contributed by atoms with Crippen molar-refractivity contribution in [3.63, 3.8) is 0 Å². The number of fused-ring (bicyclic) bond motifs is 9. The van der Waals surface area contributed by atoms with Gasteiger partial charge < -0.3 is 4.57 Å². The van der Waals surface area contributed by atoms with E-state index in [4.69, 9.17) is 4.98 Å². The van der Waals surface area contributed by atoms with Gasteiger partial charge in [0.2, 0.25) is 0 Å². The van der Waals surface area contributed by atoms with Crippen molar-refractivity contribution >= 4 is 49.3 Å². The van der Waals surface area contributed by atoms with Gasteiger partial charge in [-0.1, -0.05) is 135 Å². The van der Waals surface area contributed by atoms with Gasteiger partial charge in [-0.3, -0.25) is 4.40 Å². The van der Waals surface area contributed by atoms with Gasteiger partial charge in [0.25, 0.3) is 0 Å². The lowest BCUT2D eigenvalue weighted by molar-refractivity contribution is 0.661. The molecule has 0 atom stereocenters. The van der Waals surface area contributed by atoms with Gasteiger partial charge in [0.15, 0.2) is 0 Å². The Labute approximate surface area is 318 Å². The summed E-state index contributed by atoms with van der Waals surface area (Å²) >= 11 is 0. The van der Waals surface area contributed by atoms with Crippen molar-refractivity contribution < 1.29 is 0 Å². The highest BCUT2D eigenvalue weighted by Crippen LogP contribution is 2.51. The van der Waals surface area contributed by atoms with Crippen LogP contribution < -0.4 is 0 Å². The van der Waals surface area contributed by atoms with Gasteiger partial charge in [-0.2, -0.15) is 0 Å². The van der Waals surface area contributed by atoms with Gasteiger partial charge in [0, 0.05) is 38.2 Å². The molecule has 4 aromatic heterocycles. The molecule has 55 heavy (non-hydrogen) atoms. The summed E-state index contributed by atoms with van der Waals surface area (Å²) in [7, 11) is 0. The molecule has 0 saturated carbocycles. The topological polar surface area (TPSA) is 22.2 Å². The quantitative estimate of drug-likeness (QED) is 0.179. The number of aromatic nitrogens is 3. The van der Waals surface area contributed by atoms with E-state index >= 15 is 0 Å². The molecule has 11 aromatic rings. The molecule has 7 aromatic carbocycles. The molecular formula is C52H35N3. The fourth-order valence-electron chi connectivity index (χ4n) is 9.64. The zero-order valence-electron chi connectivity index (χ0n) is 30.6. The SMILES string of the molecule is CC1(C)c2ccccc2-c2cc3c4ccccc4n(-c4cccc(-c5cccc(-c6ccc7c(c6)c6c(-c8ccccc8)nc8cccc7n86)c5)c4)c3cc21. The summed E-state index contributed by atoms with van der Waals surface area (Å²) in [6.45, 7) is 4.73. The zero-order valence-corrected chi connectivity index (χ0v) is 30.6. The highest BCUT2D eigenvalue weighted by molar-refractivity contribution is 6.15. The maximum absolute atomic E-state index is 5.11. The third kappa shape index (κ3) is 4.24. The summed E-state index contributed by atoms with van der Waals surface area (Å²) in [5.74, 6) is 0. The Hall–Kier alpha value is -6.97. The maximum Gasteiger partial charge on any atom is 0.138 e. The molecule has 0 amide bonds. The van der Waals surface area contributed by atoms with Crippen LogP contribution >= 0.6 is 0 Å². The fraction of sp³-hybridized carbons (Fsp3) is 0.0577. The summed E-state index contributed by atoms with van der Waals surface area (Å²) in [6.07, 6.45) is 0. The summed E-state index contributed by atoms with van der Waals surface area (Å²) < 4.78 is 4.79. The van der Waals surface area contributed by atoms with Crippen molar-refractivity contribution in [2.45, 2.75) is 19.3 Å². The molecule has 0 spiro atoms. The van der Waals surface area contributed by atoms with Crippen molar-refractivity contribution in [3.05, 3.63) is 187 Å². The van der Waals surface area contributed by atoms with E-state index in [1.165, 1.54) is 88.1 Å². The Morgan fingerprint density at radius 1 is 0.418 bits per heavy atom. The summed E-state index contributed by atoms with van der Waals surface area (Å²) in [5.41, 5.74) is 19.3. The zero-order chi connectivity index (χ0) is 36.4. The van der Waals surface area contributed by atoms with Crippen molar-refractivity contribution in [2.24, 2.45) is 0 Å². The molecule has 12 rings (SSSR count). The summed E-state index contributed by atoms with van der Waals surface area (Å²) in [4.78, 5) is 5.11. The lowest BCUT2D eigenvalue weighted by atomic mass is 9.82. The number of imidazole rings is 1. The van der Waals surface area contributed by atoms with Crippen molar-refractivity contribution in [2.75, 3.05) is 0 Å². The first-order valence-electron chi connectivity index (χ1n) is 19.1. The third-order valence-corrected chi connectivity index (χ3v) is 12.3. The van der Waals surface area contributed by atoms with Crippen LogP contribution in [0.3, 0.4) is 0 Å². The van der Waals surface area contributed by atoms with Gasteiger partial charge >= 0.3 is 0 Å². The Bertz CT molecular complexity index is 3340. The lowest BCUT2D eigenvalue weighted by Crippen LogP contribution is -2.14. The Morgan fingerprint density at radius 2 is 1.09 bits per heavy atom. The van der Waals surface area contributed by atoms with Crippen LogP contribution in [-0.2, 0) is 5.41 Å².